The summed E-state index contributed by atoms with van der Waals surface area (Å²) in [6.45, 7) is 2.74. The fourth-order valence-corrected chi connectivity index (χ4v) is 5.10. The summed E-state index contributed by atoms with van der Waals surface area (Å²) in [5.74, 6) is -0.296. The number of rotatable bonds is 6. The third-order valence-electron chi connectivity index (χ3n) is 6.10. The van der Waals surface area contributed by atoms with E-state index < -0.39 is 4.92 Å². The predicted octanol–water partition coefficient (Wildman–Crippen LogP) is 6.14. The molecule has 0 N–H and O–H groups in total. The Morgan fingerprint density at radius 2 is 1.54 bits per heavy atom. The minimum atomic E-state index is -0.414. The molecular weight excluding hydrogens is 462 g/mol. The number of non-ortho nitro benzene ring substituents is 1. The number of hydrogen-bond donors (Lipinski definition) is 0. The van der Waals surface area contributed by atoms with Crippen LogP contribution in [-0.2, 0) is 17.9 Å². The molecule has 0 spiro atoms. The van der Waals surface area contributed by atoms with Gasteiger partial charge in [0.05, 0.1) is 16.4 Å². The fraction of sp³-hybridized carbons (Fsp3) is 0.111. The third-order valence-corrected chi connectivity index (χ3v) is 7.01. The number of nitro benzene ring substituents is 1. The van der Waals surface area contributed by atoms with Gasteiger partial charge in [-0.2, -0.15) is 0 Å². The standard InChI is InChI=1S/C27H21N3O4S/c1-18-23(15-25-26(31)29(27(32)35-25)17-19-7-3-2-4-8-19)22-9-5-6-10-24(22)28(18)16-20-11-13-21(14-12-20)30(33)34/h2-15H,16-17H2,1H3/b25-15+. The molecular formula is C27H21N3O4S. The molecule has 1 saturated heterocycles. The Kier molecular flexibility index (Phi) is 5.96. The lowest BCUT2D eigenvalue weighted by Gasteiger charge is -2.12. The highest BCUT2D eigenvalue weighted by Crippen LogP contribution is 2.36. The Morgan fingerprint density at radius 3 is 2.26 bits per heavy atom. The van der Waals surface area contributed by atoms with Crippen LogP contribution >= 0.6 is 11.8 Å². The summed E-state index contributed by atoms with van der Waals surface area (Å²) in [7, 11) is 0. The molecule has 1 fully saturated rings. The van der Waals surface area contributed by atoms with E-state index in [1.54, 1.807) is 18.2 Å². The van der Waals surface area contributed by atoms with Crippen molar-refractivity contribution in [2.75, 3.05) is 0 Å². The van der Waals surface area contributed by atoms with Gasteiger partial charge in [0.25, 0.3) is 16.8 Å². The number of amides is 2. The number of carbonyl (C=O) groups is 2. The van der Waals surface area contributed by atoms with Crippen LogP contribution in [0.5, 0.6) is 0 Å². The summed E-state index contributed by atoms with van der Waals surface area (Å²) in [5, 5.41) is 11.7. The van der Waals surface area contributed by atoms with Crippen molar-refractivity contribution in [2.45, 2.75) is 20.0 Å². The summed E-state index contributed by atoms with van der Waals surface area (Å²) in [6.07, 6.45) is 1.81. The minimum Gasteiger partial charge on any atom is -0.340 e. The number of thioether (sulfide) groups is 1. The second kappa shape index (κ2) is 9.23. The molecule has 0 aliphatic carbocycles. The Labute approximate surface area is 205 Å². The Hall–Kier alpha value is -4.17. The quantitative estimate of drug-likeness (QED) is 0.187. The van der Waals surface area contributed by atoms with Crippen molar-refractivity contribution in [3.8, 4) is 0 Å². The van der Waals surface area contributed by atoms with Crippen LogP contribution < -0.4 is 0 Å². The lowest BCUT2D eigenvalue weighted by atomic mass is 10.1. The van der Waals surface area contributed by atoms with Gasteiger partial charge in [-0.05, 0) is 42.0 Å². The minimum absolute atomic E-state index is 0.0507. The van der Waals surface area contributed by atoms with E-state index >= 15 is 0 Å². The first-order valence-electron chi connectivity index (χ1n) is 11.0. The van der Waals surface area contributed by atoms with Gasteiger partial charge in [-0.25, -0.2) is 0 Å². The Balaban J connectivity index is 1.49. The number of aromatic nitrogens is 1. The molecule has 0 radical (unpaired) electrons. The zero-order valence-electron chi connectivity index (χ0n) is 18.9. The molecule has 4 aromatic rings. The molecule has 0 bridgehead atoms. The lowest BCUT2D eigenvalue weighted by Crippen LogP contribution is -2.27. The normalized spacial score (nSPS) is 14.9. The molecule has 0 saturated carbocycles. The molecule has 0 unspecified atom stereocenters. The zero-order chi connectivity index (χ0) is 24.5. The molecule has 1 aliphatic heterocycles. The number of fused-ring (bicyclic) bond motifs is 1. The molecule has 2 amide bonds. The van der Waals surface area contributed by atoms with Crippen molar-refractivity contribution in [1.82, 2.24) is 9.47 Å². The van der Waals surface area contributed by atoms with Gasteiger partial charge in [0, 0.05) is 40.8 Å². The van der Waals surface area contributed by atoms with Crippen molar-refractivity contribution >= 4 is 45.6 Å². The van der Waals surface area contributed by atoms with E-state index in [-0.39, 0.29) is 23.4 Å². The molecule has 1 aliphatic rings. The van der Waals surface area contributed by atoms with Gasteiger partial charge in [0.1, 0.15) is 0 Å². The molecule has 8 heteroatoms. The summed E-state index contributed by atoms with van der Waals surface area (Å²) in [4.78, 5) is 38.0. The van der Waals surface area contributed by atoms with E-state index in [1.807, 2.05) is 61.5 Å². The average Bonchev–Trinajstić information content (AvgIpc) is 3.28. The topological polar surface area (TPSA) is 85.5 Å². The van der Waals surface area contributed by atoms with Gasteiger partial charge >= 0.3 is 0 Å². The van der Waals surface area contributed by atoms with Crippen LogP contribution in [0.4, 0.5) is 10.5 Å². The number of carbonyl (C=O) groups excluding carboxylic acids is 2. The molecule has 0 atom stereocenters. The van der Waals surface area contributed by atoms with Crippen LogP contribution in [0.25, 0.3) is 17.0 Å². The predicted molar refractivity (Wildman–Crippen MR) is 137 cm³/mol. The summed E-state index contributed by atoms with van der Waals surface area (Å²) >= 11 is 0.956. The summed E-state index contributed by atoms with van der Waals surface area (Å²) in [5.41, 5.74) is 4.68. The fourth-order valence-electron chi connectivity index (χ4n) is 4.28. The molecule has 1 aromatic heterocycles. The smallest absolute Gasteiger partial charge is 0.293 e. The Morgan fingerprint density at radius 1 is 0.886 bits per heavy atom. The highest BCUT2D eigenvalue weighted by atomic mass is 32.2. The second-order valence-electron chi connectivity index (χ2n) is 8.28. The molecule has 174 valence electrons. The van der Waals surface area contributed by atoms with Gasteiger partial charge in [-0.15, -0.1) is 0 Å². The first kappa shape index (κ1) is 22.6. The maximum absolute atomic E-state index is 13.1. The summed E-state index contributed by atoms with van der Waals surface area (Å²) < 4.78 is 2.12. The van der Waals surface area contributed by atoms with Gasteiger partial charge in [0.15, 0.2) is 0 Å². The number of benzene rings is 3. The van der Waals surface area contributed by atoms with Gasteiger partial charge in [-0.3, -0.25) is 24.6 Å². The van der Waals surface area contributed by atoms with Crippen LogP contribution in [0.1, 0.15) is 22.4 Å². The maximum Gasteiger partial charge on any atom is 0.293 e. The van der Waals surface area contributed by atoms with Crippen LogP contribution in [0.15, 0.2) is 83.8 Å². The van der Waals surface area contributed by atoms with Crippen molar-refractivity contribution in [2.24, 2.45) is 0 Å². The number of nitro groups is 1. The van der Waals surface area contributed by atoms with E-state index in [0.29, 0.717) is 11.4 Å². The average molecular weight is 484 g/mol. The van der Waals surface area contributed by atoms with Gasteiger partial charge in [0.2, 0.25) is 0 Å². The third kappa shape index (κ3) is 4.36. The Bertz CT molecular complexity index is 1490. The molecule has 7 nitrogen and oxygen atoms in total. The van der Waals surface area contributed by atoms with E-state index in [4.69, 9.17) is 0 Å². The largest absolute Gasteiger partial charge is 0.340 e. The van der Waals surface area contributed by atoms with Gasteiger partial charge < -0.3 is 4.57 Å². The van der Waals surface area contributed by atoms with Crippen LogP contribution in [0.3, 0.4) is 0 Å². The SMILES string of the molecule is Cc1c(/C=C2/SC(=O)N(Cc3ccccc3)C2=O)c2ccccc2n1Cc1ccc([N+](=O)[O-])cc1. The van der Waals surface area contributed by atoms with Crippen LogP contribution in [0, 0.1) is 17.0 Å². The first-order valence-corrected chi connectivity index (χ1v) is 11.8. The lowest BCUT2D eigenvalue weighted by molar-refractivity contribution is -0.384. The summed E-state index contributed by atoms with van der Waals surface area (Å²) in [6, 6.07) is 23.8. The molecule has 35 heavy (non-hydrogen) atoms. The van der Waals surface area contributed by atoms with Crippen LogP contribution in [0.2, 0.25) is 0 Å². The maximum atomic E-state index is 13.1. The van der Waals surface area contributed by atoms with E-state index in [2.05, 4.69) is 4.57 Å². The van der Waals surface area contributed by atoms with E-state index in [0.717, 1.165) is 45.0 Å². The molecule has 3 aromatic carbocycles. The number of hydrogen-bond acceptors (Lipinski definition) is 5. The van der Waals surface area contributed by atoms with Crippen molar-refractivity contribution < 1.29 is 14.5 Å². The van der Waals surface area contributed by atoms with E-state index in [1.165, 1.54) is 17.0 Å². The van der Waals surface area contributed by atoms with Crippen molar-refractivity contribution in [3.05, 3.63) is 116 Å². The number of imide groups is 1. The second-order valence-corrected chi connectivity index (χ2v) is 9.27. The zero-order valence-corrected chi connectivity index (χ0v) is 19.7. The monoisotopic (exact) mass is 483 g/mol. The first-order chi connectivity index (χ1) is 16.9. The highest BCUT2D eigenvalue weighted by Gasteiger charge is 2.35. The highest BCUT2D eigenvalue weighted by molar-refractivity contribution is 8.18. The van der Waals surface area contributed by atoms with E-state index in [9.17, 15) is 19.7 Å². The van der Waals surface area contributed by atoms with Crippen LogP contribution in [-0.4, -0.2) is 25.5 Å². The molecule has 5 rings (SSSR count). The molecule has 2 heterocycles. The number of para-hydroxylation sites is 1. The van der Waals surface area contributed by atoms with Crippen molar-refractivity contribution in [3.63, 3.8) is 0 Å². The van der Waals surface area contributed by atoms with Gasteiger partial charge in [-0.1, -0.05) is 60.7 Å². The van der Waals surface area contributed by atoms with Crippen molar-refractivity contribution in [1.29, 1.82) is 0 Å². The number of nitrogens with zero attached hydrogens (tertiary/aromatic N) is 3.